The zero-order valence-corrected chi connectivity index (χ0v) is 16.3. The topological polar surface area (TPSA) is 33.5 Å². The maximum atomic E-state index is 12.5. The maximum absolute atomic E-state index is 12.5. The summed E-state index contributed by atoms with van der Waals surface area (Å²) in [6.07, 6.45) is 0. The number of rotatable bonds is 6. The van der Waals surface area contributed by atoms with E-state index < -0.39 is 0 Å². The van der Waals surface area contributed by atoms with Crippen molar-refractivity contribution in [3.63, 3.8) is 0 Å². The van der Waals surface area contributed by atoms with Crippen molar-refractivity contribution in [2.24, 2.45) is 0 Å². The highest BCUT2D eigenvalue weighted by atomic mass is 79.9. The van der Waals surface area contributed by atoms with Gasteiger partial charge in [-0.05, 0) is 23.8 Å². The van der Waals surface area contributed by atoms with Crippen LogP contribution in [0.15, 0.2) is 83.3 Å². The van der Waals surface area contributed by atoms with Crippen molar-refractivity contribution in [3.05, 3.63) is 88.9 Å². The van der Waals surface area contributed by atoms with E-state index in [-0.39, 0.29) is 5.91 Å². The SMILES string of the molecule is C[NH+](CC(=O)Nc1ccccc1-c1ccccc1)Cc1ccc(Br)cc1. The Bertz CT molecular complexity index is 863. The molecule has 0 radical (unpaired) electrons. The van der Waals surface area contributed by atoms with E-state index in [9.17, 15) is 4.79 Å². The molecule has 0 heterocycles. The van der Waals surface area contributed by atoms with Gasteiger partial charge in [0, 0.05) is 21.3 Å². The van der Waals surface area contributed by atoms with Crippen LogP contribution in [0.1, 0.15) is 5.56 Å². The number of hydrogen-bond donors (Lipinski definition) is 2. The van der Waals surface area contributed by atoms with Gasteiger partial charge in [0.1, 0.15) is 6.54 Å². The first kappa shape index (κ1) is 18.4. The standard InChI is InChI=1S/C22H21BrN2O/c1-25(15-17-11-13-19(23)14-12-17)16-22(26)24-21-10-6-5-9-20(21)18-7-3-2-4-8-18/h2-14H,15-16H2,1H3,(H,24,26)/p+1. The minimum absolute atomic E-state index is 0.0167. The summed E-state index contributed by atoms with van der Waals surface area (Å²) >= 11 is 3.44. The van der Waals surface area contributed by atoms with Gasteiger partial charge in [0.25, 0.3) is 5.91 Å². The molecule has 3 nitrogen and oxygen atoms in total. The highest BCUT2D eigenvalue weighted by Crippen LogP contribution is 2.27. The monoisotopic (exact) mass is 409 g/mol. The fourth-order valence-corrected chi connectivity index (χ4v) is 3.21. The lowest BCUT2D eigenvalue weighted by Gasteiger charge is -2.15. The van der Waals surface area contributed by atoms with E-state index in [0.717, 1.165) is 32.7 Å². The number of benzene rings is 3. The molecule has 0 aliphatic carbocycles. The lowest BCUT2D eigenvalue weighted by Crippen LogP contribution is -3.08. The smallest absolute Gasteiger partial charge is 0.279 e. The highest BCUT2D eigenvalue weighted by molar-refractivity contribution is 9.10. The molecule has 1 amide bonds. The first-order valence-corrected chi connectivity index (χ1v) is 9.41. The van der Waals surface area contributed by atoms with E-state index in [2.05, 4.69) is 45.5 Å². The summed E-state index contributed by atoms with van der Waals surface area (Å²) in [5, 5.41) is 3.07. The summed E-state index contributed by atoms with van der Waals surface area (Å²) in [6.45, 7) is 1.22. The fourth-order valence-electron chi connectivity index (χ4n) is 2.94. The van der Waals surface area contributed by atoms with Crippen molar-refractivity contribution >= 4 is 27.5 Å². The normalized spacial score (nSPS) is 11.8. The Balaban J connectivity index is 1.64. The second-order valence-electron chi connectivity index (χ2n) is 6.40. The Kier molecular flexibility index (Phi) is 6.21. The van der Waals surface area contributed by atoms with Crippen molar-refractivity contribution in [1.29, 1.82) is 0 Å². The average molecular weight is 410 g/mol. The largest absolute Gasteiger partial charge is 0.326 e. The molecule has 0 bridgehead atoms. The first-order valence-electron chi connectivity index (χ1n) is 8.62. The zero-order valence-electron chi connectivity index (χ0n) is 14.7. The maximum Gasteiger partial charge on any atom is 0.279 e. The number of halogens is 1. The molecule has 2 N–H and O–H groups in total. The second-order valence-corrected chi connectivity index (χ2v) is 7.31. The molecule has 3 rings (SSSR count). The zero-order chi connectivity index (χ0) is 18.4. The van der Waals surface area contributed by atoms with E-state index in [1.165, 1.54) is 5.56 Å². The number of amides is 1. The third-order valence-corrected chi connectivity index (χ3v) is 4.70. The van der Waals surface area contributed by atoms with Gasteiger partial charge in [-0.15, -0.1) is 0 Å². The second kappa shape index (κ2) is 8.79. The molecular weight excluding hydrogens is 388 g/mol. The summed E-state index contributed by atoms with van der Waals surface area (Å²) in [6, 6.07) is 26.2. The minimum Gasteiger partial charge on any atom is -0.326 e. The summed E-state index contributed by atoms with van der Waals surface area (Å²) in [7, 11) is 2.03. The lowest BCUT2D eigenvalue weighted by atomic mass is 10.0. The van der Waals surface area contributed by atoms with E-state index >= 15 is 0 Å². The van der Waals surface area contributed by atoms with Crippen molar-refractivity contribution in [1.82, 2.24) is 0 Å². The molecule has 1 unspecified atom stereocenters. The van der Waals surface area contributed by atoms with Crippen LogP contribution in [-0.4, -0.2) is 19.5 Å². The molecular formula is C22H22BrN2O+. The molecule has 3 aromatic carbocycles. The first-order chi connectivity index (χ1) is 12.6. The molecule has 1 atom stereocenters. The van der Waals surface area contributed by atoms with Crippen LogP contribution in [-0.2, 0) is 11.3 Å². The number of anilines is 1. The summed E-state index contributed by atoms with van der Waals surface area (Å²) in [5.41, 5.74) is 4.19. The van der Waals surface area contributed by atoms with Crippen molar-refractivity contribution < 1.29 is 9.69 Å². The van der Waals surface area contributed by atoms with E-state index in [0.29, 0.717) is 6.54 Å². The molecule has 0 spiro atoms. The van der Waals surface area contributed by atoms with Crippen LogP contribution in [0.25, 0.3) is 11.1 Å². The van der Waals surface area contributed by atoms with Crippen LogP contribution >= 0.6 is 15.9 Å². The quantitative estimate of drug-likeness (QED) is 0.638. The van der Waals surface area contributed by atoms with Gasteiger partial charge in [0.2, 0.25) is 0 Å². The van der Waals surface area contributed by atoms with Crippen LogP contribution in [0.3, 0.4) is 0 Å². The van der Waals surface area contributed by atoms with Gasteiger partial charge in [-0.1, -0.05) is 76.6 Å². The molecule has 4 heteroatoms. The Morgan fingerprint density at radius 1 is 0.923 bits per heavy atom. The summed E-state index contributed by atoms with van der Waals surface area (Å²) < 4.78 is 1.06. The molecule has 0 aromatic heterocycles. The third kappa shape index (κ3) is 5.04. The molecule has 3 aromatic rings. The van der Waals surface area contributed by atoms with E-state index in [1.807, 2.05) is 61.6 Å². The highest BCUT2D eigenvalue weighted by Gasteiger charge is 2.13. The van der Waals surface area contributed by atoms with Gasteiger partial charge in [-0.2, -0.15) is 0 Å². The number of carbonyl (C=O) groups excluding carboxylic acids is 1. The van der Waals surface area contributed by atoms with Crippen LogP contribution in [0.4, 0.5) is 5.69 Å². The van der Waals surface area contributed by atoms with Gasteiger partial charge < -0.3 is 10.2 Å². The molecule has 26 heavy (non-hydrogen) atoms. The van der Waals surface area contributed by atoms with Crippen LogP contribution in [0.2, 0.25) is 0 Å². The van der Waals surface area contributed by atoms with Crippen molar-refractivity contribution in [3.8, 4) is 11.1 Å². The van der Waals surface area contributed by atoms with E-state index in [4.69, 9.17) is 0 Å². The van der Waals surface area contributed by atoms with Crippen molar-refractivity contribution in [2.45, 2.75) is 6.54 Å². The fraction of sp³-hybridized carbons (Fsp3) is 0.136. The van der Waals surface area contributed by atoms with Crippen molar-refractivity contribution in [2.75, 3.05) is 18.9 Å². The molecule has 0 fully saturated rings. The van der Waals surface area contributed by atoms with E-state index in [1.54, 1.807) is 0 Å². The van der Waals surface area contributed by atoms with Crippen LogP contribution in [0.5, 0.6) is 0 Å². The molecule has 0 saturated heterocycles. The number of likely N-dealkylation sites (N-methyl/N-ethyl adjacent to an activating group) is 1. The summed E-state index contributed by atoms with van der Waals surface area (Å²) in [5.74, 6) is 0.0167. The molecule has 0 aliphatic rings. The molecule has 0 saturated carbocycles. The number of quaternary nitrogens is 1. The predicted molar refractivity (Wildman–Crippen MR) is 110 cm³/mol. The summed E-state index contributed by atoms with van der Waals surface area (Å²) in [4.78, 5) is 13.7. The van der Waals surface area contributed by atoms with Gasteiger partial charge in [0.05, 0.1) is 7.05 Å². The molecule has 0 aliphatic heterocycles. The Morgan fingerprint density at radius 2 is 1.58 bits per heavy atom. The molecule has 132 valence electrons. The van der Waals surface area contributed by atoms with Gasteiger partial charge in [-0.3, -0.25) is 4.79 Å². The lowest BCUT2D eigenvalue weighted by molar-refractivity contribution is -0.885. The Labute approximate surface area is 162 Å². The van der Waals surface area contributed by atoms with Crippen LogP contribution in [0, 0.1) is 0 Å². The number of para-hydroxylation sites is 1. The number of nitrogens with one attached hydrogen (secondary N) is 2. The third-order valence-electron chi connectivity index (χ3n) is 4.17. The average Bonchev–Trinajstić information content (AvgIpc) is 2.64. The van der Waals surface area contributed by atoms with Gasteiger partial charge in [0.15, 0.2) is 6.54 Å². The van der Waals surface area contributed by atoms with Crippen LogP contribution < -0.4 is 10.2 Å². The van der Waals surface area contributed by atoms with Gasteiger partial charge in [-0.25, -0.2) is 0 Å². The number of carbonyl (C=O) groups is 1. The Morgan fingerprint density at radius 3 is 2.31 bits per heavy atom. The number of hydrogen-bond acceptors (Lipinski definition) is 1. The minimum atomic E-state index is 0.0167. The Hall–Kier alpha value is -2.43. The predicted octanol–water partition coefficient (Wildman–Crippen LogP) is 3.77. The van der Waals surface area contributed by atoms with Gasteiger partial charge >= 0.3 is 0 Å².